The minimum atomic E-state index is -3.63. The van der Waals surface area contributed by atoms with Crippen molar-refractivity contribution in [1.82, 2.24) is 9.62 Å². The zero-order valence-corrected chi connectivity index (χ0v) is 20.3. The van der Waals surface area contributed by atoms with Crippen LogP contribution in [0.5, 0.6) is 0 Å². The molecule has 0 atom stereocenters. The molecule has 4 rings (SSSR count). The number of nitriles is 1. The Hall–Kier alpha value is -3.47. The molecule has 1 fully saturated rings. The van der Waals surface area contributed by atoms with Crippen LogP contribution in [0.2, 0.25) is 0 Å². The van der Waals surface area contributed by atoms with E-state index in [1.54, 1.807) is 0 Å². The zero-order chi connectivity index (χ0) is 24.7. The van der Waals surface area contributed by atoms with Gasteiger partial charge in [-0.25, -0.2) is 8.42 Å². The molecular weight excluding hydrogens is 458 g/mol. The van der Waals surface area contributed by atoms with Gasteiger partial charge in [0.2, 0.25) is 15.9 Å². The molecule has 35 heavy (non-hydrogen) atoms. The number of benzene rings is 3. The first-order valence-corrected chi connectivity index (χ1v) is 13.3. The Kier molecular flexibility index (Phi) is 7.96. The summed E-state index contributed by atoms with van der Waals surface area (Å²) in [5.74, 6) is -0.0216. The van der Waals surface area contributed by atoms with E-state index in [9.17, 15) is 13.2 Å². The second-order valence-corrected chi connectivity index (χ2v) is 10.7. The fourth-order valence-corrected chi connectivity index (χ4v) is 6.06. The lowest BCUT2D eigenvalue weighted by atomic mass is 9.88. The van der Waals surface area contributed by atoms with E-state index in [1.165, 1.54) is 39.7 Å². The molecule has 0 radical (unpaired) electrons. The van der Waals surface area contributed by atoms with Crippen molar-refractivity contribution >= 4 is 15.9 Å². The topological polar surface area (TPSA) is 90.3 Å². The van der Waals surface area contributed by atoms with Gasteiger partial charge in [0, 0.05) is 31.5 Å². The standard InChI is InChI=1S/C28H29N3O3S/c29-21-22-11-13-26(14-12-22)35(33,34)31-19-16-25(17-20-31)28(32)30-18-15-27(23-7-3-1-4-8-23)24-9-5-2-6-10-24/h1-14,25,27H,15-20H2,(H,30,32). The first-order chi connectivity index (χ1) is 17.0. The van der Waals surface area contributed by atoms with Gasteiger partial charge in [-0.2, -0.15) is 9.57 Å². The summed E-state index contributed by atoms with van der Waals surface area (Å²) < 4.78 is 27.3. The average Bonchev–Trinajstić information content (AvgIpc) is 2.92. The van der Waals surface area contributed by atoms with E-state index in [0.717, 1.165) is 6.42 Å². The molecule has 0 aliphatic carbocycles. The number of nitrogens with zero attached hydrogens (tertiary/aromatic N) is 2. The summed E-state index contributed by atoms with van der Waals surface area (Å²) in [6.45, 7) is 1.16. The molecular formula is C28H29N3O3S. The van der Waals surface area contributed by atoms with E-state index in [0.29, 0.717) is 38.0 Å². The van der Waals surface area contributed by atoms with E-state index >= 15 is 0 Å². The van der Waals surface area contributed by atoms with E-state index < -0.39 is 10.0 Å². The zero-order valence-electron chi connectivity index (χ0n) is 19.5. The lowest BCUT2D eigenvalue weighted by molar-refractivity contribution is -0.126. The van der Waals surface area contributed by atoms with E-state index in [4.69, 9.17) is 5.26 Å². The Bertz CT molecular complexity index is 1220. The molecule has 0 unspecified atom stereocenters. The van der Waals surface area contributed by atoms with Gasteiger partial charge in [-0.3, -0.25) is 4.79 Å². The quantitative estimate of drug-likeness (QED) is 0.513. The van der Waals surface area contributed by atoms with Crippen LogP contribution in [-0.2, 0) is 14.8 Å². The Balaban J connectivity index is 1.31. The number of piperidine rings is 1. The van der Waals surface area contributed by atoms with Crippen LogP contribution in [0.15, 0.2) is 89.8 Å². The maximum atomic E-state index is 12.9. The van der Waals surface area contributed by atoms with Crippen LogP contribution < -0.4 is 5.32 Å². The Morgan fingerprint density at radius 1 is 0.914 bits per heavy atom. The van der Waals surface area contributed by atoms with Gasteiger partial charge in [0.05, 0.1) is 16.5 Å². The number of amides is 1. The normalized spacial score (nSPS) is 15.0. The predicted molar refractivity (Wildman–Crippen MR) is 135 cm³/mol. The Labute approximate surface area is 207 Å². The van der Waals surface area contributed by atoms with Crippen LogP contribution in [0.4, 0.5) is 0 Å². The minimum Gasteiger partial charge on any atom is -0.356 e. The maximum absolute atomic E-state index is 12.9. The molecule has 0 aromatic heterocycles. The number of carbonyl (C=O) groups is 1. The number of rotatable bonds is 8. The van der Waals surface area contributed by atoms with Crippen LogP contribution in [0.25, 0.3) is 0 Å². The highest BCUT2D eigenvalue weighted by molar-refractivity contribution is 7.89. The number of hydrogen-bond acceptors (Lipinski definition) is 4. The number of carbonyl (C=O) groups excluding carboxylic acids is 1. The van der Waals surface area contributed by atoms with Crippen LogP contribution in [0.3, 0.4) is 0 Å². The summed E-state index contributed by atoms with van der Waals surface area (Å²) in [6, 6.07) is 28.5. The largest absolute Gasteiger partial charge is 0.356 e. The van der Waals surface area contributed by atoms with Gasteiger partial charge in [0.15, 0.2) is 0 Å². The summed E-state index contributed by atoms with van der Waals surface area (Å²) in [5.41, 5.74) is 2.85. The highest BCUT2D eigenvalue weighted by Gasteiger charge is 2.32. The second-order valence-electron chi connectivity index (χ2n) is 8.77. The lowest BCUT2D eigenvalue weighted by Gasteiger charge is -2.30. The van der Waals surface area contributed by atoms with Crippen molar-refractivity contribution in [2.45, 2.75) is 30.1 Å². The molecule has 0 bridgehead atoms. The molecule has 1 amide bonds. The van der Waals surface area contributed by atoms with E-state index in [1.807, 2.05) is 42.5 Å². The Morgan fingerprint density at radius 3 is 1.97 bits per heavy atom. The smallest absolute Gasteiger partial charge is 0.243 e. The molecule has 7 heteroatoms. The third kappa shape index (κ3) is 5.97. The molecule has 1 aliphatic rings. The minimum absolute atomic E-state index is 0.0136. The highest BCUT2D eigenvalue weighted by atomic mass is 32.2. The van der Waals surface area contributed by atoms with E-state index in [-0.39, 0.29) is 22.6 Å². The van der Waals surface area contributed by atoms with Crippen molar-refractivity contribution in [2.75, 3.05) is 19.6 Å². The molecule has 180 valence electrons. The van der Waals surface area contributed by atoms with Crippen LogP contribution in [0, 0.1) is 17.2 Å². The lowest BCUT2D eigenvalue weighted by Crippen LogP contribution is -2.43. The molecule has 3 aromatic rings. The molecule has 1 N–H and O–H groups in total. The van der Waals surface area contributed by atoms with Gasteiger partial charge in [-0.05, 0) is 54.7 Å². The monoisotopic (exact) mass is 487 g/mol. The van der Waals surface area contributed by atoms with Crippen molar-refractivity contribution in [3.8, 4) is 6.07 Å². The first kappa shape index (κ1) is 24.6. The van der Waals surface area contributed by atoms with Crippen molar-refractivity contribution in [1.29, 1.82) is 5.26 Å². The van der Waals surface area contributed by atoms with Crippen LogP contribution in [-0.4, -0.2) is 38.3 Å². The molecule has 0 saturated carbocycles. The molecule has 1 heterocycles. The van der Waals surface area contributed by atoms with Crippen molar-refractivity contribution < 1.29 is 13.2 Å². The average molecular weight is 488 g/mol. The number of sulfonamides is 1. The number of nitrogens with one attached hydrogen (secondary N) is 1. The summed E-state index contributed by atoms with van der Waals surface area (Å²) in [5, 5.41) is 12.0. The van der Waals surface area contributed by atoms with Gasteiger partial charge >= 0.3 is 0 Å². The van der Waals surface area contributed by atoms with Gasteiger partial charge in [0.1, 0.15) is 0 Å². The van der Waals surface area contributed by atoms with E-state index in [2.05, 4.69) is 29.6 Å². The first-order valence-electron chi connectivity index (χ1n) is 11.9. The fourth-order valence-electron chi connectivity index (χ4n) is 4.59. The third-order valence-electron chi connectivity index (χ3n) is 6.58. The predicted octanol–water partition coefficient (Wildman–Crippen LogP) is 4.30. The highest BCUT2D eigenvalue weighted by Crippen LogP contribution is 2.28. The molecule has 6 nitrogen and oxygen atoms in total. The van der Waals surface area contributed by atoms with Crippen molar-refractivity contribution in [3.05, 3.63) is 102 Å². The van der Waals surface area contributed by atoms with Gasteiger partial charge in [-0.15, -0.1) is 0 Å². The third-order valence-corrected chi connectivity index (χ3v) is 8.49. The molecule has 0 spiro atoms. The summed E-state index contributed by atoms with van der Waals surface area (Å²) in [4.78, 5) is 13.0. The van der Waals surface area contributed by atoms with Crippen molar-refractivity contribution in [3.63, 3.8) is 0 Å². The summed E-state index contributed by atoms with van der Waals surface area (Å²) in [7, 11) is -3.63. The van der Waals surface area contributed by atoms with Gasteiger partial charge in [-0.1, -0.05) is 60.7 Å². The van der Waals surface area contributed by atoms with Crippen LogP contribution >= 0.6 is 0 Å². The number of hydrogen-bond donors (Lipinski definition) is 1. The maximum Gasteiger partial charge on any atom is 0.243 e. The fraction of sp³-hybridized carbons (Fsp3) is 0.286. The SMILES string of the molecule is N#Cc1ccc(S(=O)(=O)N2CCC(C(=O)NCCC(c3ccccc3)c3ccccc3)CC2)cc1. The van der Waals surface area contributed by atoms with Crippen LogP contribution in [0.1, 0.15) is 41.9 Å². The molecule has 3 aromatic carbocycles. The molecule has 1 aliphatic heterocycles. The van der Waals surface area contributed by atoms with Crippen molar-refractivity contribution in [2.24, 2.45) is 5.92 Å². The van der Waals surface area contributed by atoms with Gasteiger partial charge in [0.25, 0.3) is 0 Å². The summed E-state index contributed by atoms with van der Waals surface area (Å²) in [6.07, 6.45) is 1.76. The summed E-state index contributed by atoms with van der Waals surface area (Å²) >= 11 is 0. The van der Waals surface area contributed by atoms with Gasteiger partial charge < -0.3 is 5.32 Å². The second kappa shape index (κ2) is 11.3. The Morgan fingerprint density at radius 2 is 1.46 bits per heavy atom. The molecule has 1 saturated heterocycles.